The first-order valence-corrected chi connectivity index (χ1v) is 6.64. The monoisotopic (exact) mass is 326 g/mol. The van der Waals surface area contributed by atoms with Gasteiger partial charge in [0.05, 0.1) is 30.2 Å². The molecule has 2 rings (SSSR count). The fourth-order valence-corrected chi connectivity index (χ4v) is 2.44. The summed E-state index contributed by atoms with van der Waals surface area (Å²) >= 11 is 6.16. The molecule has 1 N–H and O–H groups in total. The molecule has 0 aliphatic rings. The molecule has 118 valence electrons. The van der Waals surface area contributed by atoms with Gasteiger partial charge in [0.15, 0.2) is 6.79 Å². The van der Waals surface area contributed by atoms with E-state index in [1.54, 1.807) is 6.07 Å². The van der Waals surface area contributed by atoms with Crippen molar-refractivity contribution in [2.24, 2.45) is 0 Å². The minimum atomic E-state index is -1.09. The molecule has 0 spiro atoms. The SMILES string of the molecule is COCOc1cc(C(=O)O)cc2c(OC)c(Cl)cc(OC)c12. The third kappa shape index (κ3) is 2.88. The van der Waals surface area contributed by atoms with Crippen LogP contribution in [0.15, 0.2) is 18.2 Å². The highest BCUT2D eigenvalue weighted by molar-refractivity contribution is 6.33. The van der Waals surface area contributed by atoms with E-state index >= 15 is 0 Å². The van der Waals surface area contributed by atoms with Crippen molar-refractivity contribution in [3.63, 3.8) is 0 Å². The number of carboxylic acid groups (broad SMARTS) is 1. The van der Waals surface area contributed by atoms with Crippen molar-refractivity contribution >= 4 is 28.3 Å². The van der Waals surface area contributed by atoms with Crippen molar-refractivity contribution in [2.45, 2.75) is 0 Å². The summed E-state index contributed by atoms with van der Waals surface area (Å²) < 4.78 is 21.0. The van der Waals surface area contributed by atoms with Crippen LogP contribution < -0.4 is 14.2 Å². The first kappa shape index (κ1) is 16.2. The normalized spacial score (nSPS) is 10.5. The second-order valence-electron chi connectivity index (χ2n) is 4.35. The van der Waals surface area contributed by atoms with Gasteiger partial charge in [0.2, 0.25) is 0 Å². The third-order valence-electron chi connectivity index (χ3n) is 3.07. The van der Waals surface area contributed by atoms with Crippen molar-refractivity contribution in [1.82, 2.24) is 0 Å². The molecule has 22 heavy (non-hydrogen) atoms. The minimum absolute atomic E-state index is 0.0354. The predicted molar refractivity (Wildman–Crippen MR) is 81.5 cm³/mol. The van der Waals surface area contributed by atoms with Gasteiger partial charge >= 0.3 is 5.97 Å². The second-order valence-corrected chi connectivity index (χ2v) is 4.75. The van der Waals surface area contributed by atoms with Crippen LogP contribution >= 0.6 is 11.6 Å². The summed E-state index contributed by atoms with van der Waals surface area (Å²) in [6.45, 7) is -0.0354. The first-order chi connectivity index (χ1) is 10.5. The molecular formula is C15H15ClO6. The Kier molecular flexibility index (Phi) is 4.95. The Hall–Kier alpha value is -2.18. The zero-order valence-corrected chi connectivity index (χ0v) is 13.1. The smallest absolute Gasteiger partial charge is 0.335 e. The van der Waals surface area contributed by atoms with Crippen LogP contribution in [-0.4, -0.2) is 39.2 Å². The second kappa shape index (κ2) is 6.72. The van der Waals surface area contributed by atoms with Crippen molar-refractivity contribution in [3.05, 3.63) is 28.8 Å². The molecule has 0 heterocycles. The number of benzene rings is 2. The molecule has 0 radical (unpaired) electrons. The van der Waals surface area contributed by atoms with E-state index in [9.17, 15) is 9.90 Å². The summed E-state index contributed by atoms with van der Waals surface area (Å²) in [5, 5.41) is 10.6. The van der Waals surface area contributed by atoms with Crippen molar-refractivity contribution in [1.29, 1.82) is 0 Å². The quantitative estimate of drug-likeness (QED) is 0.822. The fourth-order valence-electron chi connectivity index (χ4n) is 2.16. The average Bonchev–Trinajstić information content (AvgIpc) is 2.51. The molecule has 0 bridgehead atoms. The van der Waals surface area contributed by atoms with Gasteiger partial charge in [0, 0.05) is 18.6 Å². The van der Waals surface area contributed by atoms with Gasteiger partial charge in [0.1, 0.15) is 17.2 Å². The largest absolute Gasteiger partial charge is 0.496 e. The summed E-state index contributed by atoms with van der Waals surface area (Å²) in [6, 6.07) is 4.45. The number of halogens is 1. The Balaban J connectivity index is 2.86. The van der Waals surface area contributed by atoms with Gasteiger partial charge in [0.25, 0.3) is 0 Å². The molecule has 0 aliphatic carbocycles. The lowest BCUT2D eigenvalue weighted by Gasteiger charge is -2.16. The summed E-state index contributed by atoms with van der Waals surface area (Å²) in [5.41, 5.74) is 0.0428. The van der Waals surface area contributed by atoms with Crippen LogP contribution in [0.25, 0.3) is 10.8 Å². The van der Waals surface area contributed by atoms with Gasteiger partial charge in [-0.05, 0) is 12.1 Å². The van der Waals surface area contributed by atoms with Gasteiger partial charge in [-0.2, -0.15) is 0 Å². The van der Waals surface area contributed by atoms with Crippen LogP contribution in [0.3, 0.4) is 0 Å². The van der Waals surface area contributed by atoms with E-state index in [2.05, 4.69) is 0 Å². The van der Waals surface area contributed by atoms with Crippen molar-refractivity contribution in [3.8, 4) is 17.2 Å². The molecule has 0 unspecified atom stereocenters. The first-order valence-electron chi connectivity index (χ1n) is 6.26. The van der Waals surface area contributed by atoms with Crippen molar-refractivity contribution < 1.29 is 28.8 Å². The Bertz CT molecular complexity index is 713. The molecule has 2 aromatic carbocycles. The number of methoxy groups -OCH3 is 3. The number of carbonyl (C=O) groups is 1. The van der Waals surface area contributed by atoms with Gasteiger partial charge in [-0.15, -0.1) is 0 Å². The van der Waals surface area contributed by atoms with E-state index in [4.69, 9.17) is 30.5 Å². The van der Waals surface area contributed by atoms with E-state index in [-0.39, 0.29) is 12.4 Å². The van der Waals surface area contributed by atoms with Gasteiger partial charge in [-0.1, -0.05) is 11.6 Å². The van der Waals surface area contributed by atoms with Gasteiger partial charge < -0.3 is 24.1 Å². The maximum atomic E-state index is 11.3. The highest BCUT2D eigenvalue weighted by Gasteiger charge is 2.19. The minimum Gasteiger partial charge on any atom is -0.496 e. The Morgan fingerprint density at radius 3 is 2.41 bits per heavy atom. The Morgan fingerprint density at radius 1 is 1.14 bits per heavy atom. The third-order valence-corrected chi connectivity index (χ3v) is 3.35. The number of carboxylic acids is 1. The fraction of sp³-hybridized carbons (Fsp3) is 0.267. The number of hydrogen-bond donors (Lipinski definition) is 1. The molecule has 0 fully saturated rings. The van der Waals surface area contributed by atoms with Crippen LogP contribution in [0.1, 0.15) is 10.4 Å². The van der Waals surface area contributed by atoms with Crippen LogP contribution in [0.2, 0.25) is 5.02 Å². The van der Waals surface area contributed by atoms with Gasteiger partial charge in [-0.25, -0.2) is 4.79 Å². The zero-order valence-electron chi connectivity index (χ0n) is 12.3. The molecule has 0 atom stereocenters. The zero-order chi connectivity index (χ0) is 16.3. The lowest BCUT2D eigenvalue weighted by molar-refractivity contribution is 0.0518. The molecule has 0 saturated heterocycles. The Labute approximate surface area is 132 Å². The molecule has 0 aliphatic heterocycles. The number of fused-ring (bicyclic) bond motifs is 1. The molecule has 6 nitrogen and oxygen atoms in total. The molecule has 0 saturated carbocycles. The highest BCUT2D eigenvalue weighted by atomic mass is 35.5. The average molecular weight is 327 g/mol. The van der Waals surface area contributed by atoms with Crippen LogP contribution in [0, 0.1) is 0 Å². The van der Waals surface area contributed by atoms with E-state index in [1.165, 1.54) is 33.5 Å². The lowest BCUT2D eigenvalue weighted by Crippen LogP contribution is -2.04. The predicted octanol–water partition coefficient (Wildman–Crippen LogP) is 3.19. The molecular weight excluding hydrogens is 312 g/mol. The standard InChI is InChI=1S/C15H15ClO6/c1-19-7-22-12-5-8(15(17)18)4-9-13(12)11(20-2)6-10(16)14(9)21-3/h4-6H,7H2,1-3H3,(H,17,18). The molecule has 2 aromatic rings. The maximum Gasteiger partial charge on any atom is 0.335 e. The van der Waals surface area contributed by atoms with Crippen LogP contribution in [0.4, 0.5) is 0 Å². The van der Waals surface area contributed by atoms with E-state index < -0.39 is 5.97 Å². The lowest BCUT2D eigenvalue weighted by atomic mass is 10.0. The maximum absolute atomic E-state index is 11.3. The topological polar surface area (TPSA) is 74.2 Å². The summed E-state index contributed by atoms with van der Waals surface area (Å²) in [6.07, 6.45) is 0. The number of rotatable bonds is 6. The van der Waals surface area contributed by atoms with Gasteiger partial charge in [-0.3, -0.25) is 0 Å². The van der Waals surface area contributed by atoms with E-state index in [0.717, 1.165) is 0 Å². The summed E-state index contributed by atoms with van der Waals surface area (Å²) in [7, 11) is 4.41. The van der Waals surface area contributed by atoms with Crippen LogP contribution in [0.5, 0.6) is 17.2 Å². The number of aromatic carboxylic acids is 1. The molecule has 7 heteroatoms. The summed E-state index contributed by atoms with van der Waals surface area (Å²) in [4.78, 5) is 11.3. The molecule has 0 aromatic heterocycles. The summed E-state index contributed by atoms with van der Waals surface area (Å²) in [5.74, 6) is 0.0143. The number of hydrogen-bond acceptors (Lipinski definition) is 5. The number of ether oxygens (including phenoxy) is 4. The molecule has 0 amide bonds. The van der Waals surface area contributed by atoms with Crippen molar-refractivity contribution in [2.75, 3.05) is 28.1 Å². The van der Waals surface area contributed by atoms with E-state index in [1.807, 2.05) is 0 Å². The highest BCUT2D eigenvalue weighted by Crippen LogP contribution is 2.44. The Morgan fingerprint density at radius 2 is 1.86 bits per heavy atom. The van der Waals surface area contributed by atoms with Crippen LogP contribution in [-0.2, 0) is 4.74 Å². The van der Waals surface area contributed by atoms with E-state index in [0.29, 0.717) is 33.0 Å².